The number of hydrogen-bond donors (Lipinski definition) is 0. The van der Waals surface area contributed by atoms with Crippen LogP contribution in [0.1, 0.15) is 17.3 Å². The van der Waals surface area contributed by atoms with Crippen LogP contribution in [0.15, 0.2) is 24.3 Å². The van der Waals surface area contributed by atoms with Crippen LogP contribution < -0.4 is 4.31 Å². The fraction of sp³-hybridized carbons (Fsp3) is 0.500. The first-order valence-electron chi connectivity index (χ1n) is 7.73. The zero-order valence-corrected chi connectivity index (χ0v) is 15.0. The highest BCUT2D eigenvalue weighted by molar-refractivity contribution is 7.92. The summed E-state index contributed by atoms with van der Waals surface area (Å²) in [6, 6.07) is 6.23. The average molecular weight is 353 g/mol. The molecule has 24 heavy (non-hydrogen) atoms. The van der Waals surface area contributed by atoms with Gasteiger partial charge in [0.15, 0.2) is 5.78 Å². The molecule has 1 aliphatic heterocycles. The topological polar surface area (TPSA) is 78.0 Å². The largest absolute Gasteiger partial charge is 0.339 e. The van der Waals surface area contributed by atoms with Gasteiger partial charge in [0.2, 0.25) is 15.9 Å². The number of benzene rings is 1. The van der Waals surface area contributed by atoms with Crippen LogP contribution >= 0.6 is 0 Å². The van der Waals surface area contributed by atoms with Crippen LogP contribution in [0, 0.1) is 0 Å². The van der Waals surface area contributed by atoms with Gasteiger partial charge in [-0.2, -0.15) is 0 Å². The number of piperazine rings is 1. The van der Waals surface area contributed by atoms with E-state index in [9.17, 15) is 18.0 Å². The van der Waals surface area contributed by atoms with Gasteiger partial charge in [0, 0.05) is 31.7 Å². The maximum atomic E-state index is 12.5. The molecule has 1 amide bonds. The summed E-state index contributed by atoms with van der Waals surface area (Å²) in [7, 11) is -1.62. The summed E-state index contributed by atoms with van der Waals surface area (Å²) in [6.07, 6.45) is 1.07. The van der Waals surface area contributed by atoms with Gasteiger partial charge in [-0.15, -0.1) is 0 Å². The van der Waals surface area contributed by atoms with Crippen molar-refractivity contribution in [3.8, 4) is 0 Å². The summed E-state index contributed by atoms with van der Waals surface area (Å²) in [5, 5.41) is 0. The smallest absolute Gasteiger partial charge is 0.243 e. The standard InChI is InChI=1S/C16H23N3O4S/c1-13(20)14-4-6-15(7-5-14)19(24(3,22)23)12-16(21)18-10-8-17(2)9-11-18/h4-7H,8-12H2,1-3H3. The number of Topliss-reactive ketones (excluding diaryl/α,β-unsaturated/α-hetero) is 1. The van der Waals surface area contributed by atoms with Gasteiger partial charge >= 0.3 is 0 Å². The van der Waals surface area contributed by atoms with E-state index in [0.717, 1.165) is 23.7 Å². The molecule has 0 atom stereocenters. The molecule has 8 heteroatoms. The number of sulfonamides is 1. The van der Waals surface area contributed by atoms with Gasteiger partial charge in [-0.25, -0.2) is 8.42 Å². The minimum absolute atomic E-state index is 0.0963. The van der Waals surface area contributed by atoms with E-state index >= 15 is 0 Å². The molecule has 7 nitrogen and oxygen atoms in total. The molecule has 0 unspecified atom stereocenters. The van der Waals surface area contributed by atoms with E-state index in [1.54, 1.807) is 29.2 Å². The van der Waals surface area contributed by atoms with Crippen molar-refractivity contribution in [2.75, 3.05) is 50.3 Å². The molecule has 1 saturated heterocycles. The normalized spacial score (nSPS) is 16.0. The van der Waals surface area contributed by atoms with Crippen LogP contribution in [-0.2, 0) is 14.8 Å². The summed E-state index contributed by atoms with van der Waals surface area (Å²) < 4.78 is 25.3. The van der Waals surface area contributed by atoms with Crippen molar-refractivity contribution in [2.24, 2.45) is 0 Å². The van der Waals surface area contributed by atoms with Crippen LogP contribution in [0.2, 0.25) is 0 Å². The number of carbonyl (C=O) groups is 2. The first kappa shape index (κ1) is 18.4. The van der Waals surface area contributed by atoms with Gasteiger partial charge < -0.3 is 9.80 Å². The summed E-state index contributed by atoms with van der Waals surface area (Å²) in [5.74, 6) is -0.315. The summed E-state index contributed by atoms with van der Waals surface area (Å²) >= 11 is 0. The Morgan fingerprint density at radius 1 is 1.08 bits per heavy atom. The van der Waals surface area contributed by atoms with E-state index in [2.05, 4.69) is 4.90 Å². The number of amides is 1. The Balaban J connectivity index is 2.17. The van der Waals surface area contributed by atoms with E-state index in [1.165, 1.54) is 6.92 Å². The zero-order valence-electron chi connectivity index (χ0n) is 14.2. The Hall–Kier alpha value is -1.93. The SMILES string of the molecule is CC(=O)c1ccc(N(CC(=O)N2CCN(C)CC2)S(C)(=O)=O)cc1. The van der Waals surface area contributed by atoms with Gasteiger partial charge in [0.1, 0.15) is 6.54 Å². The molecule has 0 spiro atoms. The zero-order chi connectivity index (χ0) is 17.9. The van der Waals surface area contributed by atoms with Crippen LogP contribution in [0.4, 0.5) is 5.69 Å². The molecule has 0 N–H and O–H groups in total. The first-order chi connectivity index (χ1) is 11.2. The van der Waals surface area contributed by atoms with Gasteiger partial charge in [-0.05, 0) is 38.2 Å². The summed E-state index contributed by atoms with van der Waals surface area (Å²) in [6.45, 7) is 3.95. The van der Waals surface area contributed by atoms with E-state index < -0.39 is 10.0 Å². The Kier molecular flexibility index (Phi) is 5.61. The Morgan fingerprint density at radius 2 is 1.62 bits per heavy atom. The summed E-state index contributed by atoms with van der Waals surface area (Å²) in [5.41, 5.74) is 0.877. The van der Waals surface area contributed by atoms with Gasteiger partial charge in [0.25, 0.3) is 0 Å². The lowest BCUT2D eigenvalue weighted by Crippen LogP contribution is -2.50. The number of ketones is 1. The highest BCUT2D eigenvalue weighted by atomic mass is 32.2. The second-order valence-electron chi connectivity index (χ2n) is 6.06. The van der Waals surface area contributed by atoms with E-state index in [1.807, 2.05) is 7.05 Å². The van der Waals surface area contributed by atoms with Crippen molar-refractivity contribution in [2.45, 2.75) is 6.92 Å². The second kappa shape index (κ2) is 7.31. The Morgan fingerprint density at radius 3 is 2.08 bits per heavy atom. The van der Waals surface area contributed by atoms with E-state index in [0.29, 0.717) is 24.3 Å². The average Bonchev–Trinajstić information content (AvgIpc) is 2.52. The molecular formula is C16H23N3O4S. The third kappa shape index (κ3) is 4.55. The fourth-order valence-corrected chi connectivity index (χ4v) is 3.39. The number of anilines is 1. The van der Waals surface area contributed by atoms with Gasteiger partial charge in [-0.1, -0.05) is 0 Å². The molecule has 132 valence electrons. The number of likely N-dealkylation sites (N-methyl/N-ethyl adjacent to an activating group) is 1. The molecule has 0 saturated carbocycles. The third-order valence-corrected chi connectivity index (χ3v) is 5.24. The third-order valence-electron chi connectivity index (χ3n) is 4.10. The maximum Gasteiger partial charge on any atom is 0.243 e. The fourth-order valence-electron chi connectivity index (χ4n) is 2.54. The van der Waals surface area contributed by atoms with Gasteiger partial charge in [0.05, 0.1) is 11.9 Å². The number of nitrogens with zero attached hydrogens (tertiary/aromatic N) is 3. The maximum absolute atomic E-state index is 12.5. The van der Waals surface area contributed by atoms with Crippen molar-refractivity contribution < 1.29 is 18.0 Å². The molecule has 0 radical (unpaired) electrons. The van der Waals surface area contributed by atoms with E-state index in [-0.39, 0.29) is 18.2 Å². The molecular weight excluding hydrogens is 330 g/mol. The monoisotopic (exact) mass is 353 g/mol. The molecule has 2 rings (SSSR count). The molecule has 0 aromatic heterocycles. The number of rotatable bonds is 5. The summed E-state index contributed by atoms with van der Waals surface area (Å²) in [4.78, 5) is 27.6. The highest BCUT2D eigenvalue weighted by Crippen LogP contribution is 2.19. The van der Waals surface area contributed by atoms with Gasteiger partial charge in [-0.3, -0.25) is 13.9 Å². The first-order valence-corrected chi connectivity index (χ1v) is 9.58. The molecule has 1 fully saturated rings. The van der Waals surface area contributed by atoms with Crippen molar-refractivity contribution in [1.29, 1.82) is 0 Å². The van der Waals surface area contributed by atoms with E-state index in [4.69, 9.17) is 0 Å². The molecule has 1 aliphatic rings. The lowest BCUT2D eigenvalue weighted by Gasteiger charge is -2.34. The Labute approximate surface area is 142 Å². The van der Waals surface area contributed by atoms with Crippen molar-refractivity contribution in [1.82, 2.24) is 9.80 Å². The Bertz CT molecular complexity index is 707. The molecule has 0 bridgehead atoms. The number of hydrogen-bond acceptors (Lipinski definition) is 5. The lowest BCUT2D eigenvalue weighted by molar-refractivity contribution is -0.131. The molecule has 0 aliphatic carbocycles. The lowest BCUT2D eigenvalue weighted by atomic mass is 10.1. The van der Waals surface area contributed by atoms with Crippen LogP contribution in [-0.4, -0.2) is 75.9 Å². The highest BCUT2D eigenvalue weighted by Gasteiger charge is 2.25. The van der Waals surface area contributed by atoms with Crippen LogP contribution in [0.3, 0.4) is 0 Å². The molecule has 1 aromatic carbocycles. The predicted octanol–water partition coefficient (Wildman–Crippen LogP) is 0.429. The number of carbonyl (C=O) groups excluding carboxylic acids is 2. The minimum atomic E-state index is -3.61. The predicted molar refractivity (Wildman–Crippen MR) is 92.7 cm³/mol. The van der Waals surface area contributed by atoms with Crippen LogP contribution in [0.25, 0.3) is 0 Å². The van der Waals surface area contributed by atoms with Crippen molar-refractivity contribution in [3.05, 3.63) is 29.8 Å². The second-order valence-corrected chi connectivity index (χ2v) is 7.96. The molecule has 1 aromatic rings. The van der Waals surface area contributed by atoms with Crippen molar-refractivity contribution in [3.63, 3.8) is 0 Å². The minimum Gasteiger partial charge on any atom is -0.339 e. The van der Waals surface area contributed by atoms with Crippen LogP contribution in [0.5, 0.6) is 0 Å². The quantitative estimate of drug-likeness (QED) is 0.718. The molecule has 1 heterocycles. The van der Waals surface area contributed by atoms with Crippen molar-refractivity contribution >= 4 is 27.4 Å².